The van der Waals surface area contributed by atoms with Gasteiger partial charge in [0.15, 0.2) is 11.5 Å². The zero-order valence-electron chi connectivity index (χ0n) is 13.2. The molecular weight excluding hydrogens is 276 g/mol. The standard InChI is InChI=1S/C17H20N4O/c1-4-8-14-17-20-16(18-11-21(17)12(3)19-14)13-9-6-7-10-15(13)22-5-2/h6-7,9-11H,4-5,8H2,1-3H3. The Balaban J connectivity index is 2.14. The van der Waals surface area contributed by atoms with Crippen LogP contribution in [0.4, 0.5) is 0 Å². The normalized spacial score (nSPS) is 11.0. The lowest BCUT2D eigenvalue weighted by Crippen LogP contribution is -2.00. The first-order chi connectivity index (χ1) is 10.7. The predicted molar refractivity (Wildman–Crippen MR) is 86.1 cm³/mol. The van der Waals surface area contributed by atoms with Crippen LogP contribution in [-0.2, 0) is 6.42 Å². The van der Waals surface area contributed by atoms with Gasteiger partial charge in [-0.15, -0.1) is 0 Å². The van der Waals surface area contributed by atoms with E-state index in [2.05, 4.69) is 16.9 Å². The van der Waals surface area contributed by atoms with Crippen LogP contribution in [-0.4, -0.2) is 26.0 Å². The van der Waals surface area contributed by atoms with Gasteiger partial charge < -0.3 is 4.74 Å². The number of aromatic nitrogens is 4. The highest BCUT2D eigenvalue weighted by Crippen LogP contribution is 2.27. The lowest BCUT2D eigenvalue weighted by atomic mass is 10.2. The van der Waals surface area contributed by atoms with Gasteiger partial charge in [0.05, 0.1) is 17.9 Å². The third-order valence-electron chi connectivity index (χ3n) is 3.55. The Morgan fingerprint density at radius 2 is 1.95 bits per heavy atom. The molecule has 0 bridgehead atoms. The van der Waals surface area contributed by atoms with Gasteiger partial charge in [0, 0.05) is 0 Å². The van der Waals surface area contributed by atoms with Gasteiger partial charge in [-0.3, -0.25) is 4.40 Å². The Morgan fingerprint density at radius 1 is 1.14 bits per heavy atom. The average molecular weight is 296 g/mol. The van der Waals surface area contributed by atoms with Crippen LogP contribution >= 0.6 is 0 Å². The Morgan fingerprint density at radius 3 is 2.73 bits per heavy atom. The van der Waals surface area contributed by atoms with Crippen LogP contribution in [0.1, 0.15) is 31.8 Å². The zero-order chi connectivity index (χ0) is 15.5. The molecule has 0 aliphatic heterocycles. The van der Waals surface area contributed by atoms with Crippen molar-refractivity contribution in [3.63, 3.8) is 0 Å². The molecule has 0 spiro atoms. The smallest absolute Gasteiger partial charge is 0.167 e. The van der Waals surface area contributed by atoms with Crippen LogP contribution < -0.4 is 4.74 Å². The number of imidazole rings is 1. The highest BCUT2D eigenvalue weighted by Gasteiger charge is 2.13. The highest BCUT2D eigenvalue weighted by molar-refractivity contribution is 5.65. The number of aryl methyl sites for hydroxylation is 2. The molecule has 0 saturated heterocycles. The maximum absolute atomic E-state index is 5.68. The number of benzene rings is 1. The third-order valence-corrected chi connectivity index (χ3v) is 3.55. The monoisotopic (exact) mass is 296 g/mol. The van der Waals surface area contributed by atoms with Crippen molar-refractivity contribution in [3.05, 3.63) is 42.1 Å². The molecule has 2 aromatic heterocycles. The van der Waals surface area contributed by atoms with Crippen molar-refractivity contribution < 1.29 is 4.74 Å². The van der Waals surface area contributed by atoms with Crippen molar-refractivity contribution in [1.29, 1.82) is 0 Å². The van der Waals surface area contributed by atoms with E-state index in [0.717, 1.165) is 41.3 Å². The van der Waals surface area contributed by atoms with Crippen LogP contribution in [0.15, 0.2) is 30.6 Å². The topological polar surface area (TPSA) is 52.3 Å². The molecule has 0 saturated carbocycles. The molecule has 1 aromatic carbocycles. The lowest BCUT2D eigenvalue weighted by Gasteiger charge is -2.09. The maximum atomic E-state index is 5.68. The summed E-state index contributed by atoms with van der Waals surface area (Å²) in [6.07, 6.45) is 3.75. The summed E-state index contributed by atoms with van der Waals surface area (Å²) in [5.74, 6) is 2.40. The molecule has 5 heteroatoms. The van der Waals surface area contributed by atoms with Crippen LogP contribution in [0.3, 0.4) is 0 Å². The number of para-hydroxylation sites is 1. The molecule has 0 unspecified atom stereocenters. The molecule has 3 rings (SSSR count). The van der Waals surface area contributed by atoms with Crippen LogP contribution in [0.2, 0.25) is 0 Å². The molecule has 2 heterocycles. The molecule has 114 valence electrons. The minimum atomic E-state index is 0.617. The fourth-order valence-electron chi connectivity index (χ4n) is 2.56. The summed E-state index contributed by atoms with van der Waals surface area (Å²) in [4.78, 5) is 13.8. The van der Waals surface area contributed by atoms with Gasteiger partial charge in [0.25, 0.3) is 0 Å². The van der Waals surface area contributed by atoms with Crippen molar-refractivity contribution in [3.8, 4) is 17.1 Å². The van der Waals surface area contributed by atoms with Gasteiger partial charge in [-0.25, -0.2) is 15.0 Å². The molecule has 5 nitrogen and oxygen atoms in total. The minimum absolute atomic E-state index is 0.617. The van der Waals surface area contributed by atoms with E-state index in [1.54, 1.807) is 6.33 Å². The van der Waals surface area contributed by atoms with E-state index in [4.69, 9.17) is 9.72 Å². The summed E-state index contributed by atoms with van der Waals surface area (Å²) in [5.41, 5.74) is 2.82. The summed E-state index contributed by atoms with van der Waals surface area (Å²) in [6, 6.07) is 7.86. The summed E-state index contributed by atoms with van der Waals surface area (Å²) in [5, 5.41) is 0. The van der Waals surface area contributed by atoms with E-state index in [9.17, 15) is 0 Å². The van der Waals surface area contributed by atoms with Crippen LogP contribution in [0.5, 0.6) is 5.75 Å². The first-order valence-corrected chi connectivity index (χ1v) is 7.67. The Hall–Kier alpha value is -2.43. The number of ether oxygens (including phenoxy) is 1. The van der Waals surface area contributed by atoms with Crippen molar-refractivity contribution in [2.24, 2.45) is 0 Å². The zero-order valence-corrected chi connectivity index (χ0v) is 13.2. The van der Waals surface area contributed by atoms with Gasteiger partial charge in [-0.2, -0.15) is 0 Å². The molecule has 0 aliphatic rings. The Kier molecular flexibility index (Phi) is 4.04. The van der Waals surface area contributed by atoms with E-state index in [0.29, 0.717) is 12.4 Å². The van der Waals surface area contributed by atoms with Gasteiger partial charge >= 0.3 is 0 Å². The van der Waals surface area contributed by atoms with Crippen molar-refractivity contribution >= 4 is 5.65 Å². The van der Waals surface area contributed by atoms with E-state index >= 15 is 0 Å². The SMILES string of the molecule is CCCc1nc(C)n2cnc(-c3ccccc3OCC)nc12. The Labute approximate surface area is 130 Å². The fraction of sp³-hybridized carbons (Fsp3) is 0.353. The van der Waals surface area contributed by atoms with Crippen LogP contribution in [0, 0.1) is 6.92 Å². The first kappa shape index (κ1) is 14.5. The second kappa shape index (κ2) is 6.13. The van der Waals surface area contributed by atoms with Gasteiger partial charge in [0.2, 0.25) is 0 Å². The number of nitrogens with zero attached hydrogens (tertiary/aromatic N) is 4. The molecule has 0 fully saturated rings. The molecule has 0 atom stereocenters. The summed E-state index contributed by atoms with van der Waals surface area (Å²) < 4.78 is 7.63. The fourth-order valence-corrected chi connectivity index (χ4v) is 2.56. The second-order valence-electron chi connectivity index (χ2n) is 5.16. The molecule has 0 aliphatic carbocycles. The summed E-state index contributed by atoms with van der Waals surface area (Å²) in [6.45, 7) is 6.71. The summed E-state index contributed by atoms with van der Waals surface area (Å²) in [7, 11) is 0. The van der Waals surface area contributed by atoms with E-state index in [1.807, 2.05) is 42.5 Å². The van der Waals surface area contributed by atoms with Crippen molar-refractivity contribution in [1.82, 2.24) is 19.4 Å². The predicted octanol–water partition coefficient (Wildman–Crippen LogP) is 3.45. The van der Waals surface area contributed by atoms with Gasteiger partial charge in [0.1, 0.15) is 17.9 Å². The number of hydrogen-bond acceptors (Lipinski definition) is 4. The second-order valence-corrected chi connectivity index (χ2v) is 5.16. The van der Waals surface area contributed by atoms with Gasteiger partial charge in [-0.1, -0.05) is 25.5 Å². The van der Waals surface area contributed by atoms with Crippen molar-refractivity contribution in [2.45, 2.75) is 33.6 Å². The first-order valence-electron chi connectivity index (χ1n) is 7.67. The van der Waals surface area contributed by atoms with Crippen molar-refractivity contribution in [2.75, 3.05) is 6.61 Å². The largest absolute Gasteiger partial charge is 0.493 e. The molecule has 22 heavy (non-hydrogen) atoms. The third kappa shape index (κ3) is 2.54. The molecule has 0 radical (unpaired) electrons. The van der Waals surface area contributed by atoms with Crippen LogP contribution in [0.25, 0.3) is 17.0 Å². The molecular formula is C17H20N4O. The lowest BCUT2D eigenvalue weighted by molar-refractivity contribution is 0.341. The molecule has 3 aromatic rings. The number of fused-ring (bicyclic) bond motifs is 1. The van der Waals surface area contributed by atoms with E-state index in [-0.39, 0.29) is 0 Å². The Bertz CT molecular complexity index is 794. The number of rotatable bonds is 5. The molecule has 0 N–H and O–H groups in total. The highest BCUT2D eigenvalue weighted by atomic mass is 16.5. The van der Waals surface area contributed by atoms with E-state index in [1.165, 1.54) is 0 Å². The number of hydrogen-bond donors (Lipinski definition) is 0. The quantitative estimate of drug-likeness (QED) is 0.723. The minimum Gasteiger partial charge on any atom is -0.493 e. The van der Waals surface area contributed by atoms with E-state index < -0.39 is 0 Å². The molecule has 0 amide bonds. The summed E-state index contributed by atoms with van der Waals surface area (Å²) >= 11 is 0. The average Bonchev–Trinajstić information content (AvgIpc) is 2.84. The van der Waals surface area contributed by atoms with Gasteiger partial charge in [-0.05, 0) is 32.4 Å². The maximum Gasteiger partial charge on any atom is 0.167 e.